The number of hydrogen-bond acceptors (Lipinski definition) is 4. The van der Waals surface area contributed by atoms with Crippen molar-refractivity contribution >= 4 is 23.2 Å². The van der Waals surface area contributed by atoms with Crippen LogP contribution in [-0.4, -0.2) is 46.1 Å². The Bertz CT molecular complexity index is 1220. The normalized spacial score (nSPS) is 14.0. The van der Waals surface area contributed by atoms with E-state index in [4.69, 9.17) is 11.6 Å². The lowest BCUT2D eigenvalue weighted by Gasteiger charge is -2.36. The third kappa shape index (κ3) is 3.88. The fourth-order valence-corrected chi connectivity index (χ4v) is 4.08. The summed E-state index contributed by atoms with van der Waals surface area (Å²) in [6, 6.07) is 16.1. The number of amides is 1. The smallest absolute Gasteiger partial charge is 0.335 e. The van der Waals surface area contributed by atoms with Gasteiger partial charge in [0.05, 0.1) is 11.4 Å². The molecule has 0 atom stereocenters. The van der Waals surface area contributed by atoms with E-state index in [1.54, 1.807) is 40.7 Å². The van der Waals surface area contributed by atoms with Crippen molar-refractivity contribution in [2.45, 2.75) is 6.92 Å². The molecule has 1 aromatic heterocycles. The van der Waals surface area contributed by atoms with Crippen LogP contribution in [0, 0.1) is 6.92 Å². The van der Waals surface area contributed by atoms with Gasteiger partial charge in [0.2, 0.25) is 0 Å². The number of benzene rings is 2. The number of aromatic nitrogens is 2. The molecule has 0 N–H and O–H groups in total. The molecule has 0 bridgehead atoms. The molecule has 160 valence electrons. The maximum Gasteiger partial charge on any atom is 0.335 e. The Hall–Kier alpha value is -3.32. The Morgan fingerprint density at radius 1 is 0.903 bits per heavy atom. The molecule has 2 heterocycles. The van der Waals surface area contributed by atoms with Gasteiger partial charge in [-0.05, 0) is 43.3 Å². The van der Waals surface area contributed by atoms with E-state index in [1.165, 1.54) is 7.05 Å². The number of piperazine rings is 1. The van der Waals surface area contributed by atoms with Crippen LogP contribution in [0.3, 0.4) is 0 Å². The van der Waals surface area contributed by atoms with Crippen molar-refractivity contribution in [3.8, 4) is 5.69 Å². The average Bonchev–Trinajstić information content (AvgIpc) is 2.79. The Labute approximate surface area is 184 Å². The lowest BCUT2D eigenvalue weighted by molar-refractivity contribution is 0.0746. The van der Waals surface area contributed by atoms with E-state index in [1.807, 2.05) is 35.2 Å². The second-order valence-corrected chi connectivity index (χ2v) is 7.97. The first-order valence-corrected chi connectivity index (χ1v) is 10.4. The van der Waals surface area contributed by atoms with Gasteiger partial charge >= 0.3 is 5.69 Å². The minimum Gasteiger partial charge on any atom is -0.362 e. The van der Waals surface area contributed by atoms with Crippen LogP contribution in [0.4, 0.5) is 5.69 Å². The van der Waals surface area contributed by atoms with Crippen LogP contribution >= 0.6 is 11.6 Å². The van der Waals surface area contributed by atoms with Gasteiger partial charge in [0.1, 0.15) is 5.69 Å². The van der Waals surface area contributed by atoms with Crippen molar-refractivity contribution in [1.82, 2.24) is 14.0 Å². The van der Waals surface area contributed by atoms with Crippen molar-refractivity contribution in [1.29, 1.82) is 0 Å². The number of rotatable bonds is 3. The quantitative estimate of drug-likeness (QED) is 0.630. The van der Waals surface area contributed by atoms with Crippen LogP contribution in [0.2, 0.25) is 5.02 Å². The molecule has 4 rings (SSSR count). The summed E-state index contributed by atoms with van der Waals surface area (Å²) in [6.45, 7) is 3.75. The van der Waals surface area contributed by atoms with Gasteiger partial charge in [0, 0.05) is 43.8 Å². The van der Waals surface area contributed by atoms with Crippen molar-refractivity contribution < 1.29 is 4.79 Å². The van der Waals surface area contributed by atoms with Gasteiger partial charge in [-0.15, -0.1) is 0 Å². The first kappa shape index (κ1) is 20.9. The number of hydrogen-bond donors (Lipinski definition) is 0. The molecule has 3 aromatic rings. The number of anilines is 1. The molecule has 1 aliphatic rings. The minimum absolute atomic E-state index is 0.0600. The Balaban J connectivity index is 1.62. The molecular weight excluding hydrogens is 416 g/mol. The zero-order chi connectivity index (χ0) is 22.1. The van der Waals surface area contributed by atoms with Crippen LogP contribution in [0.1, 0.15) is 16.1 Å². The lowest BCUT2D eigenvalue weighted by atomic mass is 10.1. The zero-order valence-corrected chi connectivity index (χ0v) is 18.2. The van der Waals surface area contributed by atoms with E-state index < -0.39 is 0 Å². The molecule has 7 nitrogen and oxygen atoms in total. The zero-order valence-electron chi connectivity index (χ0n) is 17.4. The molecule has 31 heavy (non-hydrogen) atoms. The molecular formula is C23H23ClN4O3. The Kier molecular flexibility index (Phi) is 5.69. The molecule has 0 aliphatic carbocycles. The summed E-state index contributed by atoms with van der Waals surface area (Å²) in [4.78, 5) is 42.3. The van der Waals surface area contributed by atoms with E-state index in [0.717, 1.165) is 4.57 Å². The van der Waals surface area contributed by atoms with E-state index in [-0.39, 0.29) is 17.2 Å². The number of carbonyl (C=O) groups is 1. The number of halogens is 1. The Morgan fingerprint density at radius 3 is 2.13 bits per heavy atom. The molecule has 0 radical (unpaired) electrons. The Morgan fingerprint density at radius 2 is 1.52 bits per heavy atom. The van der Waals surface area contributed by atoms with Crippen molar-refractivity contribution in [2.75, 3.05) is 31.1 Å². The maximum atomic E-state index is 13.0. The van der Waals surface area contributed by atoms with E-state index >= 15 is 0 Å². The molecule has 0 unspecified atom stereocenters. The van der Waals surface area contributed by atoms with Gasteiger partial charge in [0.15, 0.2) is 0 Å². The summed E-state index contributed by atoms with van der Waals surface area (Å²) in [5, 5.41) is 0.584. The fraction of sp³-hybridized carbons (Fsp3) is 0.261. The highest BCUT2D eigenvalue weighted by Crippen LogP contribution is 2.20. The van der Waals surface area contributed by atoms with Gasteiger partial charge in [0.25, 0.3) is 11.5 Å². The average molecular weight is 439 g/mol. The molecule has 8 heteroatoms. The predicted octanol–water partition coefficient (Wildman–Crippen LogP) is 2.46. The predicted molar refractivity (Wildman–Crippen MR) is 122 cm³/mol. The van der Waals surface area contributed by atoms with Crippen LogP contribution in [0.25, 0.3) is 5.69 Å². The standard InChI is InChI=1S/C23H23ClN4O3/c1-16-20(22(30)25(2)23(31)28(16)19-6-4-3-5-7-19)26-12-14-27(15-13-26)21(29)17-8-10-18(24)11-9-17/h3-11H,12-15H2,1-2H3. The van der Waals surface area contributed by atoms with Crippen molar-refractivity contribution in [3.05, 3.63) is 91.7 Å². The highest BCUT2D eigenvalue weighted by atomic mass is 35.5. The highest BCUT2D eigenvalue weighted by molar-refractivity contribution is 6.30. The van der Waals surface area contributed by atoms with Gasteiger partial charge in [-0.25, -0.2) is 4.79 Å². The van der Waals surface area contributed by atoms with Crippen LogP contribution in [0.15, 0.2) is 64.2 Å². The van der Waals surface area contributed by atoms with Crippen molar-refractivity contribution in [3.63, 3.8) is 0 Å². The second-order valence-electron chi connectivity index (χ2n) is 7.54. The van der Waals surface area contributed by atoms with E-state index in [2.05, 4.69) is 0 Å². The van der Waals surface area contributed by atoms with Gasteiger partial charge in [-0.3, -0.25) is 18.7 Å². The molecule has 1 amide bonds. The SMILES string of the molecule is Cc1c(N2CCN(C(=O)c3ccc(Cl)cc3)CC2)c(=O)n(C)c(=O)n1-c1ccccc1. The monoisotopic (exact) mass is 438 g/mol. The fourth-order valence-electron chi connectivity index (χ4n) is 3.95. The van der Waals surface area contributed by atoms with E-state index in [9.17, 15) is 14.4 Å². The third-order valence-corrected chi connectivity index (χ3v) is 5.90. The molecule has 0 saturated carbocycles. The molecule has 1 saturated heterocycles. The molecule has 2 aromatic carbocycles. The van der Waals surface area contributed by atoms with Crippen molar-refractivity contribution in [2.24, 2.45) is 7.05 Å². The first-order valence-electron chi connectivity index (χ1n) is 10.1. The lowest BCUT2D eigenvalue weighted by Crippen LogP contribution is -2.52. The summed E-state index contributed by atoms with van der Waals surface area (Å²) < 4.78 is 2.70. The highest BCUT2D eigenvalue weighted by Gasteiger charge is 2.26. The van der Waals surface area contributed by atoms with Gasteiger partial charge in [-0.2, -0.15) is 0 Å². The topological polar surface area (TPSA) is 67.6 Å². The summed E-state index contributed by atoms with van der Waals surface area (Å²) in [7, 11) is 1.49. The second kappa shape index (κ2) is 8.43. The van der Waals surface area contributed by atoms with Crippen LogP contribution in [0.5, 0.6) is 0 Å². The maximum absolute atomic E-state index is 13.0. The summed E-state index contributed by atoms with van der Waals surface area (Å²) in [5.74, 6) is -0.0600. The molecule has 1 fully saturated rings. The first-order chi connectivity index (χ1) is 14.9. The number of carbonyl (C=O) groups excluding carboxylic acids is 1. The van der Waals surface area contributed by atoms with Crippen LogP contribution < -0.4 is 16.1 Å². The number of nitrogens with zero attached hydrogens (tertiary/aromatic N) is 4. The molecule has 0 spiro atoms. The van der Waals surface area contributed by atoms with Crippen LogP contribution in [-0.2, 0) is 7.05 Å². The van der Waals surface area contributed by atoms with Gasteiger partial charge in [-0.1, -0.05) is 29.8 Å². The van der Waals surface area contributed by atoms with E-state index in [0.29, 0.717) is 53.8 Å². The largest absolute Gasteiger partial charge is 0.362 e. The van der Waals surface area contributed by atoms with Gasteiger partial charge < -0.3 is 9.80 Å². The summed E-state index contributed by atoms with van der Waals surface area (Å²) in [6.07, 6.45) is 0. The summed E-state index contributed by atoms with van der Waals surface area (Å²) >= 11 is 5.91. The number of para-hydroxylation sites is 1. The molecule has 1 aliphatic heterocycles. The third-order valence-electron chi connectivity index (χ3n) is 5.65. The minimum atomic E-state index is -0.381. The summed E-state index contributed by atoms with van der Waals surface area (Å²) in [5.41, 5.74) is 1.67.